The number of benzene rings is 1. The molecular formula is C13H19N3O2. The summed E-state index contributed by atoms with van der Waals surface area (Å²) in [5.41, 5.74) is 1.23. The van der Waals surface area contributed by atoms with Crippen LogP contribution >= 0.6 is 0 Å². The number of hydrogen-bond acceptors (Lipinski definition) is 4. The first kappa shape index (κ1) is 13.0. The van der Waals surface area contributed by atoms with E-state index in [9.17, 15) is 10.1 Å². The second kappa shape index (κ2) is 6.47. The smallest absolute Gasteiger partial charge is 0.269 e. The Balaban J connectivity index is 1.68. The van der Waals surface area contributed by atoms with Crippen molar-refractivity contribution in [2.24, 2.45) is 0 Å². The maximum Gasteiger partial charge on any atom is 0.269 e. The van der Waals surface area contributed by atoms with Crippen LogP contribution < -0.4 is 5.32 Å². The largest absolute Gasteiger partial charge is 0.311 e. The highest BCUT2D eigenvalue weighted by Crippen LogP contribution is 2.11. The molecular weight excluding hydrogens is 230 g/mol. The molecule has 1 aromatic rings. The van der Waals surface area contributed by atoms with E-state index in [4.69, 9.17) is 0 Å². The molecule has 1 aliphatic heterocycles. The fourth-order valence-corrected chi connectivity index (χ4v) is 2.21. The Morgan fingerprint density at radius 2 is 1.89 bits per heavy atom. The highest BCUT2D eigenvalue weighted by atomic mass is 16.6. The number of nitro groups is 1. The van der Waals surface area contributed by atoms with Crippen molar-refractivity contribution in [3.63, 3.8) is 0 Å². The predicted octanol–water partition coefficient (Wildman–Crippen LogP) is 1.78. The van der Waals surface area contributed by atoms with Crippen LogP contribution in [0.25, 0.3) is 0 Å². The second-order valence-corrected chi connectivity index (χ2v) is 4.65. The van der Waals surface area contributed by atoms with E-state index >= 15 is 0 Å². The molecule has 98 valence electrons. The van der Waals surface area contributed by atoms with Gasteiger partial charge in [0.1, 0.15) is 0 Å². The van der Waals surface area contributed by atoms with Gasteiger partial charge in [-0.2, -0.15) is 0 Å². The summed E-state index contributed by atoms with van der Waals surface area (Å²) in [6.45, 7) is 5.27. The van der Waals surface area contributed by atoms with Crippen LogP contribution in [-0.2, 0) is 6.54 Å². The lowest BCUT2D eigenvalue weighted by atomic mass is 10.2. The van der Waals surface area contributed by atoms with Gasteiger partial charge in [0.2, 0.25) is 0 Å². The molecule has 0 unspecified atom stereocenters. The average molecular weight is 249 g/mol. The molecule has 1 N–H and O–H groups in total. The van der Waals surface area contributed by atoms with Gasteiger partial charge in [0.25, 0.3) is 5.69 Å². The van der Waals surface area contributed by atoms with E-state index in [0.29, 0.717) is 0 Å². The summed E-state index contributed by atoms with van der Waals surface area (Å²) in [7, 11) is 0. The normalized spacial score (nSPS) is 16.0. The standard InChI is InChI=1S/C13H19N3O2/c17-16(18)13-5-3-12(4-6-13)11-14-7-10-15-8-1-2-9-15/h3-6,14H,1-2,7-11H2. The summed E-state index contributed by atoms with van der Waals surface area (Å²) in [5.74, 6) is 0. The zero-order valence-corrected chi connectivity index (χ0v) is 10.5. The third kappa shape index (κ3) is 3.78. The van der Waals surface area contributed by atoms with Crippen LogP contribution in [0.5, 0.6) is 0 Å². The lowest BCUT2D eigenvalue weighted by molar-refractivity contribution is -0.384. The van der Waals surface area contributed by atoms with Crippen LogP contribution in [0.1, 0.15) is 18.4 Å². The van der Waals surface area contributed by atoms with Crippen molar-refractivity contribution in [2.75, 3.05) is 26.2 Å². The minimum absolute atomic E-state index is 0.149. The van der Waals surface area contributed by atoms with Crippen molar-refractivity contribution in [1.29, 1.82) is 0 Å². The summed E-state index contributed by atoms with van der Waals surface area (Å²) >= 11 is 0. The Bertz CT molecular complexity index is 386. The molecule has 0 atom stereocenters. The number of likely N-dealkylation sites (tertiary alicyclic amines) is 1. The van der Waals surface area contributed by atoms with Crippen LogP contribution in [-0.4, -0.2) is 36.0 Å². The molecule has 18 heavy (non-hydrogen) atoms. The predicted molar refractivity (Wildman–Crippen MR) is 70.5 cm³/mol. The molecule has 5 nitrogen and oxygen atoms in total. The number of rotatable bonds is 6. The summed E-state index contributed by atoms with van der Waals surface area (Å²) in [4.78, 5) is 12.6. The van der Waals surface area contributed by atoms with Gasteiger partial charge in [-0.3, -0.25) is 10.1 Å². The van der Waals surface area contributed by atoms with Gasteiger partial charge in [-0.05, 0) is 31.5 Å². The Hall–Kier alpha value is -1.46. The number of nitrogens with zero attached hydrogens (tertiary/aromatic N) is 2. The molecule has 1 aliphatic rings. The molecule has 0 radical (unpaired) electrons. The molecule has 0 aromatic heterocycles. The van der Waals surface area contributed by atoms with Crippen molar-refractivity contribution in [3.05, 3.63) is 39.9 Å². The van der Waals surface area contributed by atoms with Crippen LogP contribution in [0.3, 0.4) is 0 Å². The summed E-state index contributed by atoms with van der Waals surface area (Å²) in [6, 6.07) is 6.72. The second-order valence-electron chi connectivity index (χ2n) is 4.65. The topological polar surface area (TPSA) is 58.4 Å². The lowest BCUT2D eigenvalue weighted by Crippen LogP contribution is -2.29. The Morgan fingerprint density at radius 1 is 1.22 bits per heavy atom. The van der Waals surface area contributed by atoms with Crippen molar-refractivity contribution in [2.45, 2.75) is 19.4 Å². The molecule has 1 saturated heterocycles. The maximum atomic E-state index is 10.5. The van der Waals surface area contributed by atoms with Crippen LogP contribution in [0.15, 0.2) is 24.3 Å². The average Bonchev–Trinajstić information content (AvgIpc) is 2.88. The first-order chi connectivity index (χ1) is 8.75. The SMILES string of the molecule is O=[N+]([O-])c1ccc(CNCCN2CCCC2)cc1. The van der Waals surface area contributed by atoms with Crippen molar-refractivity contribution >= 4 is 5.69 Å². The molecule has 5 heteroatoms. The Kier molecular flexibility index (Phi) is 4.66. The van der Waals surface area contributed by atoms with E-state index in [1.54, 1.807) is 24.3 Å². The van der Waals surface area contributed by atoms with Crippen molar-refractivity contribution < 1.29 is 4.92 Å². The molecule has 1 heterocycles. The maximum absolute atomic E-state index is 10.5. The Labute approximate surface area is 107 Å². The van der Waals surface area contributed by atoms with E-state index in [2.05, 4.69) is 10.2 Å². The quantitative estimate of drug-likeness (QED) is 0.474. The van der Waals surface area contributed by atoms with Crippen LogP contribution in [0.4, 0.5) is 5.69 Å². The van der Waals surface area contributed by atoms with Gasteiger partial charge in [0, 0.05) is 31.8 Å². The van der Waals surface area contributed by atoms with E-state index in [0.717, 1.165) is 25.2 Å². The summed E-state index contributed by atoms with van der Waals surface area (Å²) < 4.78 is 0. The monoisotopic (exact) mass is 249 g/mol. The van der Waals surface area contributed by atoms with Gasteiger partial charge >= 0.3 is 0 Å². The first-order valence-electron chi connectivity index (χ1n) is 6.42. The van der Waals surface area contributed by atoms with Gasteiger partial charge < -0.3 is 10.2 Å². The summed E-state index contributed by atoms with van der Waals surface area (Å²) in [5, 5.41) is 13.9. The fourth-order valence-electron chi connectivity index (χ4n) is 2.21. The van der Waals surface area contributed by atoms with Crippen LogP contribution in [0, 0.1) is 10.1 Å². The van der Waals surface area contributed by atoms with Gasteiger partial charge in [0.15, 0.2) is 0 Å². The molecule has 1 fully saturated rings. The lowest BCUT2D eigenvalue weighted by Gasteiger charge is -2.14. The van der Waals surface area contributed by atoms with E-state index in [1.807, 2.05) is 0 Å². The molecule has 0 spiro atoms. The number of hydrogen-bond donors (Lipinski definition) is 1. The molecule has 1 aromatic carbocycles. The number of non-ortho nitro benzene ring substituents is 1. The highest BCUT2D eigenvalue weighted by Gasteiger charge is 2.10. The molecule has 2 rings (SSSR count). The Morgan fingerprint density at radius 3 is 2.50 bits per heavy atom. The number of nitro benzene ring substituents is 1. The van der Waals surface area contributed by atoms with Crippen molar-refractivity contribution in [3.8, 4) is 0 Å². The van der Waals surface area contributed by atoms with Gasteiger partial charge in [-0.1, -0.05) is 12.1 Å². The summed E-state index contributed by atoms with van der Waals surface area (Å²) in [6.07, 6.45) is 2.64. The van der Waals surface area contributed by atoms with Crippen molar-refractivity contribution in [1.82, 2.24) is 10.2 Å². The first-order valence-corrected chi connectivity index (χ1v) is 6.42. The number of nitrogens with one attached hydrogen (secondary N) is 1. The van der Waals surface area contributed by atoms with Gasteiger partial charge in [-0.25, -0.2) is 0 Å². The fraction of sp³-hybridized carbons (Fsp3) is 0.538. The van der Waals surface area contributed by atoms with E-state index < -0.39 is 0 Å². The molecule has 0 bridgehead atoms. The highest BCUT2D eigenvalue weighted by molar-refractivity contribution is 5.32. The molecule has 0 saturated carbocycles. The third-order valence-electron chi connectivity index (χ3n) is 3.28. The van der Waals surface area contributed by atoms with Crippen LogP contribution in [0.2, 0.25) is 0 Å². The van der Waals surface area contributed by atoms with Gasteiger partial charge in [0.05, 0.1) is 4.92 Å². The third-order valence-corrected chi connectivity index (χ3v) is 3.28. The van der Waals surface area contributed by atoms with E-state index in [-0.39, 0.29) is 10.6 Å². The zero-order chi connectivity index (χ0) is 12.8. The minimum atomic E-state index is -0.370. The zero-order valence-electron chi connectivity index (χ0n) is 10.5. The van der Waals surface area contributed by atoms with Gasteiger partial charge in [-0.15, -0.1) is 0 Å². The minimum Gasteiger partial charge on any atom is -0.311 e. The molecule has 0 amide bonds. The molecule has 0 aliphatic carbocycles. The van der Waals surface area contributed by atoms with E-state index in [1.165, 1.54) is 25.9 Å².